The average Bonchev–Trinajstić information content (AvgIpc) is 2.87. The van der Waals surface area contributed by atoms with E-state index in [9.17, 15) is 4.79 Å². The second kappa shape index (κ2) is 6.79. The first-order chi connectivity index (χ1) is 11.7. The molecule has 0 fully saturated rings. The highest BCUT2D eigenvalue weighted by Crippen LogP contribution is 2.30. The minimum absolute atomic E-state index is 0.292. The lowest BCUT2D eigenvalue weighted by Gasteiger charge is -2.09. The SMILES string of the molecule is CCOC(=O)c1c(C)n(Cc2ccccc2)c2ccc(OC)cc12. The highest BCUT2D eigenvalue weighted by Gasteiger charge is 2.21. The fraction of sp³-hybridized carbons (Fsp3) is 0.250. The molecule has 2 aromatic carbocycles. The molecule has 0 amide bonds. The summed E-state index contributed by atoms with van der Waals surface area (Å²) in [6.07, 6.45) is 0. The molecule has 0 saturated heterocycles. The lowest BCUT2D eigenvalue weighted by atomic mass is 10.1. The summed E-state index contributed by atoms with van der Waals surface area (Å²) in [5, 5.41) is 0.862. The fourth-order valence-electron chi connectivity index (χ4n) is 3.02. The molecule has 124 valence electrons. The number of methoxy groups -OCH3 is 1. The molecule has 0 saturated carbocycles. The number of aromatic nitrogens is 1. The number of fused-ring (bicyclic) bond motifs is 1. The van der Waals surface area contributed by atoms with E-state index in [-0.39, 0.29) is 5.97 Å². The van der Waals surface area contributed by atoms with Gasteiger partial charge in [-0.1, -0.05) is 30.3 Å². The van der Waals surface area contributed by atoms with E-state index in [0.29, 0.717) is 18.7 Å². The molecule has 0 aliphatic rings. The molecule has 3 rings (SSSR count). The van der Waals surface area contributed by atoms with Gasteiger partial charge in [0.2, 0.25) is 0 Å². The van der Waals surface area contributed by atoms with Gasteiger partial charge in [0, 0.05) is 23.1 Å². The highest BCUT2D eigenvalue weighted by atomic mass is 16.5. The molecule has 4 nitrogen and oxygen atoms in total. The van der Waals surface area contributed by atoms with E-state index in [1.807, 2.05) is 50.2 Å². The summed E-state index contributed by atoms with van der Waals surface area (Å²) in [5.74, 6) is 0.435. The molecule has 1 heterocycles. The number of carbonyl (C=O) groups is 1. The van der Waals surface area contributed by atoms with Gasteiger partial charge in [0.25, 0.3) is 0 Å². The Morgan fingerprint density at radius 2 is 1.88 bits per heavy atom. The maximum absolute atomic E-state index is 12.5. The zero-order valence-corrected chi connectivity index (χ0v) is 14.2. The Morgan fingerprint density at radius 3 is 2.54 bits per heavy atom. The molecule has 24 heavy (non-hydrogen) atoms. The van der Waals surface area contributed by atoms with Crippen LogP contribution in [0.1, 0.15) is 28.5 Å². The Hall–Kier alpha value is -2.75. The van der Waals surface area contributed by atoms with Crippen molar-refractivity contribution in [1.29, 1.82) is 0 Å². The van der Waals surface area contributed by atoms with E-state index in [2.05, 4.69) is 16.7 Å². The lowest BCUT2D eigenvalue weighted by molar-refractivity contribution is 0.0527. The van der Waals surface area contributed by atoms with Crippen molar-refractivity contribution in [3.63, 3.8) is 0 Å². The number of esters is 1. The Morgan fingerprint density at radius 1 is 1.12 bits per heavy atom. The van der Waals surface area contributed by atoms with E-state index in [1.165, 1.54) is 5.56 Å². The van der Waals surface area contributed by atoms with E-state index in [0.717, 1.165) is 22.3 Å². The molecule has 3 aromatic rings. The van der Waals surface area contributed by atoms with Crippen molar-refractivity contribution in [1.82, 2.24) is 4.57 Å². The smallest absolute Gasteiger partial charge is 0.340 e. The maximum atomic E-state index is 12.5. The van der Waals surface area contributed by atoms with E-state index < -0.39 is 0 Å². The number of carbonyl (C=O) groups excluding carboxylic acids is 1. The number of hydrogen-bond acceptors (Lipinski definition) is 3. The first-order valence-electron chi connectivity index (χ1n) is 8.03. The van der Waals surface area contributed by atoms with Crippen molar-refractivity contribution in [2.75, 3.05) is 13.7 Å². The van der Waals surface area contributed by atoms with Gasteiger partial charge in [-0.25, -0.2) is 4.79 Å². The monoisotopic (exact) mass is 323 g/mol. The molecule has 0 bridgehead atoms. The van der Waals surface area contributed by atoms with Crippen molar-refractivity contribution in [2.24, 2.45) is 0 Å². The molecular weight excluding hydrogens is 302 g/mol. The van der Waals surface area contributed by atoms with Gasteiger partial charge < -0.3 is 14.0 Å². The summed E-state index contributed by atoms with van der Waals surface area (Å²) >= 11 is 0. The van der Waals surface area contributed by atoms with Crippen molar-refractivity contribution >= 4 is 16.9 Å². The molecule has 0 aliphatic carbocycles. The molecule has 0 aliphatic heterocycles. The zero-order chi connectivity index (χ0) is 17.1. The Bertz CT molecular complexity index is 865. The highest BCUT2D eigenvalue weighted by molar-refractivity contribution is 6.06. The van der Waals surface area contributed by atoms with Crippen LogP contribution in [-0.2, 0) is 11.3 Å². The molecule has 0 radical (unpaired) electrons. The topological polar surface area (TPSA) is 40.5 Å². The van der Waals surface area contributed by atoms with Gasteiger partial charge in [-0.05, 0) is 37.6 Å². The third-order valence-corrected chi connectivity index (χ3v) is 4.19. The second-order valence-electron chi connectivity index (χ2n) is 5.64. The van der Waals surface area contributed by atoms with Crippen molar-refractivity contribution in [3.8, 4) is 5.75 Å². The van der Waals surface area contributed by atoms with Gasteiger partial charge >= 0.3 is 5.97 Å². The minimum Gasteiger partial charge on any atom is -0.497 e. The Balaban J connectivity index is 2.18. The van der Waals surface area contributed by atoms with Gasteiger partial charge in [0.15, 0.2) is 0 Å². The van der Waals surface area contributed by atoms with E-state index in [1.54, 1.807) is 7.11 Å². The van der Waals surface area contributed by atoms with Crippen molar-refractivity contribution < 1.29 is 14.3 Å². The summed E-state index contributed by atoms with van der Waals surface area (Å²) < 4.78 is 12.7. The van der Waals surface area contributed by atoms with Crippen LogP contribution in [0.5, 0.6) is 5.75 Å². The Labute approximate surface area is 141 Å². The predicted octanol–water partition coefficient (Wildman–Crippen LogP) is 4.18. The van der Waals surface area contributed by atoms with Crippen molar-refractivity contribution in [3.05, 3.63) is 65.4 Å². The molecule has 0 N–H and O–H groups in total. The zero-order valence-electron chi connectivity index (χ0n) is 14.2. The molecule has 0 atom stereocenters. The maximum Gasteiger partial charge on any atom is 0.340 e. The number of benzene rings is 2. The summed E-state index contributed by atoms with van der Waals surface area (Å²) in [6, 6.07) is 16.0. The quantitative estimate of drug-likeness (QED) is 0.661. The molecule has 1 aromatic heterocycles. The largest absolute Gasteiger partial charge is 0.497 e. The Kier molecular flexibility index (Phi) is 4.56. The van der Waals surface area contributed by atoms with Gasteiger partial charge in [-0.15, -0.1) is 0 Å². The first kappa shape index (κ1) is 16.1. The number of hydrogen-bond donors (Lipinski definition) is 0. The van der Waals surface area contributed by atoms with Gasteiger partial charge in [0.1, 0.15) is 5.75 Å². The standard InChI is InChI=1S/C20H21NO3/c1-4-24-20(22)19-14(2)21(13-15-8-6-5-7-9-15)18-11-10-16(23-3)12-17(18)19/h5-12H,4,13H2,1-3H3. The molecule has 4 heteroatoms. The second-order valence-corrected chi connectivity index (χ2v) is 5.64. The van der Waals surface area contributed by atoms with Crippen LogP contribution >= 0.6 is 0 Å². The molecule has 0 spiro atoms. The minimum atomic E-state index is -0.292. The molecule has 0 unspecified atom stereocenters. The normalized spacial score (nSPS) is 10.8. The van der Waals surface area contributed by atoms with Gasteiger partial charge in [-0.2, -0.15) is 0 Å². The van der Waals surface area contributed by atoms with Gasteiger partial charge in [0.05, 0.1) is 19.3 Å². The first-order valence-corrected chi connectivity index (χ1v) is 8.03. The predicted molar refractivity (Wildman–Crippen MR) is 94.7 cm³/mol. The van der Waals surface area contributed by atoms with E-state index >= 15 is 0 Å². The van der Waals surface area contributed by atoms with Gasteiger partial charge in [-0.3, -0.25) is 0 Å². The summed E-state index contributed by atoms with van der Waals surface area (Å²) in [5.41, 5.74) is 3.70. The third-order valence-electron chi connectivity index (χ3n) is 4.19. The van der Waals surface area contributed by atoms with Crippen LogP contribution in [0.25, 0.3) is 10.9 Å². The summed E-state index contributed by atoms with van der Waals surface area (Å²) in [7, 11) is 1.62. The van der Waals surface area contributed by atoms with Crippen LogP contribution in [0, 0.1) is 6.92 Å². The van der Waals surface area contributed by atoms with Crippen LogP contribution in [0.15, 0.2) is 48.5 Å². The van der Waals surface area contributed by atoms with Crippen LogP contribution in [0.3, 0.4) is 0 Å². The summed E-state index contributed by atoms with van der Waals surface area (Å²) in [4.78, 5) is 12.5. The number of ether oxygens (including phenoxy) is 2. The van der Waals surface area contributed by atoms with Crippen LogP contribution in [-0.4, -0.2) is 24.3 Å². The number of rotatable bonds is 5. The molecular formula is C20H21NO3. The van der Waals surface area contributed by atoms with Crippen LogP contribution < -0.4 is 4.74 Å². The van der Waals surface area contributed by atoms with E-state index in [4.69, 9.17) is 9.47 Å². The fourth-order valence-corrected chi connectivity index (χ4v) is 3.02. The van der Waals surface area contributed by atoms with Crippen molar-refractivity contribution in [2.45, 2.75) is 20.4 Å². The summed E-state index contributed by atoms with van der Waals surface area (Å²) in [6.45, 7) is 4.83. The third kappa shape index (κ3) is 2.87. The van der Waals surface area contributed by atoms with Crippen LogP contribution in [0.2, 0.25) is 0 Å². The lowest BCUT2D eigenvalue weighted by Crippen LogP contribution is -2.08. The van der Waals surface area contributed by atoms with Crippen LogP contribution in [0.4, 0.5) is 0 Å². The average molecular weight is 323 g/mol. The number of nitrogens with zero attached hydrogens (tertiary/aromatic N) is 1.